The second-order valence-electron chi connectivity index (χ2n) is 9.01. The highest BCUT2D eigenvalue weighted by Crippen LogP contribution is 2.32. The van der Waals surface area contributed by atoms with Crippen molar-refractivity contribution < 1.29 is 4.79 Å². The summed E-state index contributed by atoms with van der Waals surface area (Å²) in [5.74, 6) is 1.00. The molecular weight excluding hydrogens is 348 g/mol. The quantitative estimate of drug-likeness (QED) is 0.532. The van der Waals surface area contributed by atoms with Gasteiger partial charge in [0.25, 0.3) is 0 Å². The summed E-state index contributed by atoms with van der Waals surface area (Å²) in [6.45, 7) is 12.6. The number of carbonyl (C=O) groups excluding carboxylic acids is 1. The van der Waals surface area contributed by atoms with Crippen LogP contribution in [0.4, 0.5) is 5.69 Å². The van der Waals surface area contributed by atoms with Gasteiger partial charge in [0.05, 0.1) is 22.4 Å². The molecule has 150 valence electrons. The monoisotopic (exact) mass is 380 g/mol. The first kappa shape index (κ1) is 20.2. The van der Waals surface area contributed by atoms with Crippen LogP contribution in [0.5, 0.6) is 0 Å². The van der Waals surface area contributed by atoms with Gasteiger partial charge in [-0.3, -0.25) is 4.79 Å². The molecule has 0 unspecified atom stereocenters. The number of rotatable bonds is 6. The van der Waals surface area contributed by atoms with Crippen molar-refractivity contribution in [3.8, 4) is 11.5 Å². The van der Waals surface area contributed by atoms with Crippen LogP contribution in [0.1, 0.15) is 64.7 Å². The number of fused-ring (bicyclic) bond motifs is 1. The highest BCUT2D eigenvalue weighted by molar-refractivity contribution is 6.02. The number of aryl methyl sites for hydroxylation is 1. The molecule has 0 aliphatic rings. The third kappa shape index (κ3) is 3.84. The Morgan fingerprint density at radius 3 is 2.43 bits per heavy atom. The van der Waals surface area contributed by atoms with Gasteiger partial charge in [-0.25, -0.2) is 4.98 Å². The first-order chi connectivity index (χ1) is 13.1. The Morgan fingerprint density at radius 1 is 1.14 bits per heavy atom. The van der Waals surface area contributed by atoms with Crippen molar-refractivity contribution in [2.75, 3.05) is 5.32 Å². The molecular formula is C23H32N4O. The van der Waals surface area contributed by atoms with Gasteiger partial charge in [-0.1, -0.05) is 20.8 Å². The zero-order valence-corrected chi connectivity index (χ0v) is 18.1. The first-order valence-electron chi connectivity index (χ1n) is 10.1. The first-order valence-corrected chi connectivity index (χ1v) is 10.1. The Kier molecular flexibility index (Phi) is 5.13. The van der Waals surface area contributed by atoms with E-state index in [0.717, 1.165) is 46.6 Å². The van der Waals surface area contributed by atoms with Crippen LogP contribution in [0, 0.1) is 5.41 Å². The van der Waals surface area contributed by atoms with Gasteiger partial charge in [0.1, 0.15) is 0 Å². The fraction of sp³-hybridized carbons (Fsp3) is 0.478. The minimum atomic E-state index is -0.317. The van der Waals surface area contributed by atoms with Crippen LogP contribution in [-0.4, -0.2) is 25.9 Å². The number of Topliss-reactive ketones (excluding diaryl/α,β-unsaturated/α-hetero) is 1. The normalized spacial score (nSPS) is 12.5. The Bertz CT molecular complexity index is 999. The highest BCUT2D eigenvalue weighted by Gasteiger charge is 2.30. The van der Waals surface area contributed by atoms with E-state index >= 15 is 0 Å². The standard InChI is InChI=1S/C23H32N4O/c1-8-23(6,9-2)20(28)15-10-11-17-18(12-15)25-21(24-17)19-13-16(14-27(19)7)26-22(3,4)5/h10-14,26H,8-9H2,1-7H3,(H,24,25). The molecule has 0 fully saturated rings. The van der Waals surface area contributed by atoms with Crippen LogP contribution in [0.25, 0.3) is 22.6 Å². The highest BCUT2D eigenvalue weighted by atomic mass is 16.1. The molecule has 0 amide bonds. The lowest BCUT2D eigenvalue weighted by atomic mass is 9.78. The van der Waals surface area contributed by atoms with Gasteiger partial charge >= 0.3 is 0 Å². The second-order valence-corrected chi connectivity index (χ2v) is 9.01. The second kappa shape index (κ2) is 7.12. The number of aromatic amines is 1. The predicted octanol–water partition coefficient (Wildman–Crippen LogP) is 5.79. The number of hydrogen-bond acceptors (Lipinski definition) is 3. The van der Waals surface area contributed by atoms with Crippen molar-refractivity contribution in [1.82, 2.24) is 14.5 Å². The topological polar surface area (TPSA) is 62.7 Å². The van der Waals surface area contributed by atoms with Crippen molar-refractivity contribution in [1.29, 1.82) is 0 Å². The molecule has 2 N–H and O–H groups in total. The molecule has 2 heterocycles. The van der Waals surface area contributed by atoms with E-state index in [2.05, 4.69) is 61.7 Å². The van der Waals surface area contributed by atoms with Gasteiger partial charge in [-0.05, 0) is 57.9 Å². The van der Waals surface area contributed by atoms with Gasteiger partial charge < -0.3 is 14.9 Å². The molecule has 3 aromatic rings. The van der Waals surface area contributed by atoms with Crippen LogP contribution < -0.4 is 5.32 Å². The van der Waals surface area contributed by atoms with Gasteiger partial charge in [0, 0.05) is 29.8 Å². The lowest BCUT2D eigenvalue weighted by Crippen LogP contribution is -2.26. The number of nitrogens with one attached hydrogen (secondary N) is 2. The third-order valence-electron chi connectivity index (χ3n) is 5.62. The summed E-state index contributed by atoms with van der Waals surface area (Å²) in [6, 6.07) is 7.87. The number of hydrogen-bond donors (Lipinski definition) is 2. The van der Waals surface area contributed by atoms with E-state index in [9.17, 15) is 4.79 Å². The van der Waals surface area contributed by atoms with Crippen LogP contribution in [-0.2, 0) is 7.05 Å². The average molecular weight is 381 g/mol. The molecule has 5 heteroatoms. The largest absolute Gasteiger partial charge is 0.379 e. The summed E-state index contributed by atoms with van der Waals surface area (Å²) in [7, 11) is 2.01. The van der Waals surface area contributed by atoms with Crippen molar-refractivity contribution in [2.24, 2.45) is 12.5 Å². The van der Waals surface area contributed by atoms with Crippen molar-refractivity contribution in [3.05, 3.63) is 36.0 Å². The lowest BCUT2D eigenvalue weighted by molar-refractivity contribution is 0.0803. The van der Waals surface area contributed by atoms with Gasteiger partial charge in [0.2, 0.25) is 0 Å². The number of ketones is 1. The number of aromatic nitrogens is 3. The molecule has 2 aromatic heterocycles. The van der Waals surface area contributed by atoms with Gasteiger partial charge in [-0.15, -0.1) is 0 Å². The van der Waals surface area contributed by atoms with E-state index in [4.69, 9.17) is 4.98 Å². The van der Waals surface area contributed by atoms with Crippen LogP contribution in [0.2, 0.25) is 0 Å². The number of carbonyl (C=O) groups is 1. The molecule has 3 rings (SSSR count). The van der Waals surface area contributed by atoms with E-state index < -0.39 is 0 Å². The van der Waals surface area contributed by atoms with E-state index in [-0.39, 0.29) is 16.7 Å². The van der Waals surface area contributed by atoms with E-state index in [1.807, 2.05) is 32.2 Å². The molecule has 0 saturated heterocycles. The van der Waals surface area contributed by atoms with Crippen LogP contribution >= 0.6 is 0 Å². The maximum Gasteiger partial charge on any atom is 0.168 e. The van der Waals surface area contributed by atoms with Crippen LogP contribution in [0.3, 0.4) is 0 Å². The zero-order valence-electron chi connectivity index (χ0n) is 18.1. The Hall–Kier alpha value is -2.56. The Balaban J connectivity index is 1.97. The Morgan fingerprint density at radius 2 is 1.82 bits per heavy atom. The summed E-state index contributed by atoms with van der Waals surface area (Å²) in [6.07, 6.45) is 3.74. The smallest absolute Gasteiger partial charge is 0.168 e. The summed E-state index contributed by atoms with van der Waals surface area (Å²) < 4.78 is 2.06. The molecule has 1 aromatic carbocycles. The predicted molar refractivity (Wildman–Crippen MR) is 117 cm³/mol. The fourth-order valence-corrected chi connectivity index (χ4v) is 3.49. The number of H-pyrrole nitrogens is 1. The minimum absolute atomic E-state index is 0.00697. The molecule has 0 radical (unpaired) electrons. The molecule has 0 atom stereocenters. The SMILES string of the molecule is CCC(C)(CC)C(=O)c1ccc2nc(-c3cc(NC(C)(C)C)cn3C)[nH]c2c1. The molecule has 0 bridgehead atoms. The van der Waals surface area contributed by atoms with E-state index in [0.29, 0.717) is 0 Å². The Labute approximate surface area is 167 Å². The summed E-state index contributed by atoms with van der Waals surface area (Å²) >= 11 is 0. The maximum atomic E-state index is 13.0. The van der Waals surface area contributed by atoms with E-state index in [1.54, 1.807) is 0 Å². The molecule has 0 spiro atoms. The molecule has 0 saturated carbocycles. The van der Waals surface area contributed by atoms with E-state index in [1.165, 1.54) is 0 Å². The number of imidazole rings is 1. The summed E-state index contributed by atoms with van der Waals surface area (Å²) in [4.78, 5) is 21.1. The average Bonchev–Trinajstić information content (AvgIpc) is 3.20. The molecule has 5 nitrogen and oxygen atoms in total. The summed E-state index contributed by atoms with van der Waals surface area (Å²) in [5, 5.41) is 3.49. The van der Waals surface area contributed by atoms with Gasteiger partial charge in [-0.2, -0.15) is 0 Å². The summed E-state index contributed by atoms with van der Waals surface area (Å²) in [5.41, 5.74) is 4.24. The number of anilines is 1. The lowest BCUT2D eigenvalue weighted by Gasteiger charge is -2.24. The number of nitrogens with zero attached hydrogens (tertiary/aromatic N) is 2. The molecule has 0 aliphatic carbocycles. The zero-order chi connectivity index (χ0) is 20.7. The number of benzene rings is 1. The van der Waals surface area contributed by atoms with Crippen molar-refractivity contribution in [2.45, 2.75) is 59.9 Å². The minimum Gasteiger partial charge on any atom is -0.379 e. The third-order valence-corrected chi connectivity index (χ3v) is 5.62. The van der Waals surface area contributed by atoms with Crippen molar-refractivity contribution >= 4 is 22.5 Å². The van der Waals surface area contributed by atoms with Crippen molar-refractivity contribution in [3.63, 3.8) is 0 Å². The molecule has 28 heavy (non-hydrogen) atoms. The van der Waals surface area contributed by atoms with Gasteiger partial charge in [0.15, 0.2) is 11.6 Å². The molecule has 0 aliphatic heterocycles. The van der Waals surface area contributed by atoms with Crippen LogP contribution in [0.15, 0.2) is 30.5 Å². The fourth-order valence-electron chi connectivity index (χ4n) is 3.49. The maximum absolute atomic E-state index is 13.0.